The number of fused-ring (bicyclic) bond motifs is 1. The Morgan fingerprint density at radius 3 is 3.20 bits per heavy atom. The number of ether oxygens (including phenoxy) is 1. The normalized spacial score (nSPS) is 10.5. The molecular formula is C10H10N2O2S. The number of aromatic nitrogens is 2. The molecule has 0 N–H and O–H groups in total. The van der Waals surface area contributed by atoms with Gasteiger partial charge in [0, 0.05) is 0 Å². The van der Waals surface area contributed by atoms with Crippen LogP contribution < -0.4 is 0 Å². The summed E-state index contributed by atoms with van der Waals surface area (Å²) in [6, 6.07) is 5.35. The second-order valence-electron chi connectivity index (χ2n) is 3.06. The van der Waals surface area contributed by atoms with Crippen LogP contribution in [0, 0.1) is 0 Å². The van der Waals surface area contributed by atoms with Crippen molar-refractivity contribution in [2.24, 2.45) is 0 Å². The molecule has 1 aromatic carbocycles. The fourth-order valence-corrected chi connectivity index (χ4v) is 1.90. The molecule has 0 amide bonds. The number of carbonyl (C=O) groups excluding carboxylic acids is 1. The van der Waals surface area contributed by atoms with Gasteiger partial charge in [-0.15, -0.1) is 5.10 Å². The van der Waals surface area contributed by atoms with Crippen LogP contribution in [0.25, 0.3) is 10.2 Å². The van der Waals surface area contributed by atoms with Crippen molar-refractivity contribution in [1.82, 2.24) is 9.59 Å². The highest BCUT2D eigenvalue weighted by Gasteiger charge is 2.12. The predicted molar refractivity (Wildman–Crippen MR) is 58.0 cm³/mol. The summed E-state index contributed by atoms with van der Waals surface area (Å²) in [6.45, 7) is 2.41. The van der Waals surface area contributed by atoms with Crippen molar-refractivity contribution in [3.8, 4) is 0 Å². The van der Waals surface area contributed by atoms with Gasteiger partial charge in [0.15, 0.2) is 0 Å². The van der Waals surface area contributed by atoms with Gasteiger partial charge < -0.3 is 4.74 Å². The molecule has 15 heavy (non-hydrogen) atoms. The maximum absolute atomic E-state index is 11.6. The van der Waals surface area contributed by atoms with Crippen molar-refractivity contribution in [2.75, 3.05) is 6.61 Å². The van der Waals surface area contributed by atoms with E-state index < -0.39 is 0 Å². The second-order valence-corrected chi connectivity index (χ2v) is 3.82. The molecule has 0 fully saturated rings. The Morgan fingerprint density at radius 2 is 2.40 bits per heavy atom. The molecule has 0 radical (unpaired) electrons. The van der Waals surface area contributed by atoms with Crippen LogP contribution >= 0.6 is 11.5 Å². The molecule has 0 spiro atoms. The third-order valence-electron chi connectivity index (χ3n) is 1.93. The minimum atomic E-state index is -0.298. The molecular weight excluding hydrogens is 212 g/mol. The van der Waals surface area contributed by atoms with Crippen molar-refractivity contribution in [3.05, 3.63) is 23.8 Å². The predicted octanol–water partition coefficient (Wildman–Crippen LogP) is 2.26. The smallest absolute Gasteiger partial charge is 0.339 e. The first kappa shape index (κ1) is 10.0. The summed E-state index contributed by atoms with van der Waals surface area (Å²) in [5.74, 6) is -0.298. The molecule has 1 heterocycles. The van der Waals surface area contributed by atoms with Gasteiger partial charge in [0.1, 0.15) is 5.52 Å². The summed E-state index contributed by atoms with van der Waals surface area (Å²) >= 11 is 1.21. The SMILES string of the molecule is CCCOC(=O)c1cccc2nnsc12. The van der Waals surface area contributed by atoms with E-state index in [1.807, 2.05) is 13.0 Å². The maximum atomic E-state index is 11.6. The summed E-state index contributed by atoms with van der Waals surface area (Å²) in [7, 11) is 0. The summed E-state index contributed by atoms with van der Waals surface area (Å²) in [5.41, 5.74) is 1.29. The number of nitrogens with zero attached hydrogens (tertiary/aromatic N) is 2. The first-order chi connectivity index (χ1) is 7.33. The standard InChI is InChI=1S/C10H10N2O2S/c1-2-6-14-10(13)7-4-3-5-8-9(7)15-12-11-8/h3-5H,2,6H2,1H3. The van der Waals surface area contributed by atoms with Crippen LogP contribution in [0.3, 0.4) is 0 Å². The van der Waals surface area contributed by atoms with Gasteiger partial charge in [-0.3, -0.25) is 0 Å². The fourth-order valence-electron chi connectivity index (χ4n) is 1.24. The molecule has 0 aliphatic heterocycles. The van der Waals surface area contributed by atoms with Gasteiger partial charge in [0.2, 0.25) is 0 Å². The van der Waals surface area contributed by atoms with Crippen molar-refractivity contribution < 1.29 is 9.53 Å². The van der Waals surface area contributed by atoms with Gasteiger partial charge in [-0.25, -0.2) is 4.79 Å². The van der Waals surface area contributed by atoms with Gasteiger partial charge in [-0.05, 0) is 30.1 Å². The zero-order valence-electron chi connectivity index (χ0n) is 8.27. The van der Waals surface area contributed by atoms with Crippen molar-refractivity contribution in [2.45, 2.75) is 13.3 Å². The van der Waals surface area contributed by atoms with Crippen molar-refractivity contribution in [1.29, 1.82) is 0 Å². The Balaban J connectivity index is 2.34. The third kappa shape index (κ3) is 1.97. The van der Waals surface area contributed by atoms with Crippen LogP contribution in [-0.4, -0.2) is 22.2 Å². The molecule has 1 aromatic heterocycles. The monoisotopic (exact) mass is 222 g/mol. The zero-order valence-corrected chi connectivity index (χ0v) is 9.08. The van der Waals surface area contributed by atoms with Gasteiger partial charge in [-0.1, -0.05) is 17.5 Å². The summed E-state index contributed by atoms with van der Waals surface area (Å²) < 4.78 is 9.67. The summed E-state index contributed by atoms with van der Waals surface area (Å²) in [4.78, 5) is 11.6. The minimum Gasteiger partial charge on any atom is -0.462 e. The molecule has 0 saturated carbocycles. The van der Waals surface area contributed by atoms with Crippen molar-refractivity contribution >= 4 is 27.7 Å². The molecule has 78 valence electrons. The average Bonchev–Trinajstić information content (AvgIpc) is 2.73. The van der Waals surface area contributed by atoms with E-state index in [1.165, 1.54) is 11.5 Å². The van der Waals surface area contributed by atoms with Gasteiger partial charge >= 0.3 is 5.97 Å². The van der Waals surface area contributed by atoms with E-state index in [2.05, 4.69) is 9.59 Å². The molecule has 0 aliphatic carbocycles. The minimum absolute atomic E-state index is 0.298. The lowest BCUT2D eigenvalue weighted by Gasteiger charge is -2.02. The van der Waals surface area contributed by atoms with Crippen LogP contribution in [0.15, 0.2) is 18.2 Å². The molecule has 0 saturated heterocycles. The number of hydrogen-bond donors (Lipinski definition) is 0. The number of benzene rings is 1. The molecule has 2 aromatic rings. The molecule has 5 heteroatoms. The lowest BCUT2D eigenvalue weighted by molar-refractivity contribution is 0.0507. The number of esters is 1. The largest absolute Gasteiger partial charge is 0.462 e. The van der Waals surface area contributed by atoms with E-state index in [9.17, 15) is 4.79 Å². The lowest BCUT2D eigenvalue weighted by atomic mass is 10.2. The van der Waals surface area contributed by atoms with E-state index >= 15 is 0 Å². The lowest BCUT2D eigenvalue weighted by Crippen LogP contribution is -2.05. The van der Waals surface area contributed by atoms with Crippen LogP contribution in [0.5, 0.6) is 0 Å². The molecule has 4 nitrogen and oxygen atoms in total. The van der Waals surface area contributed by atoms with E-state index in [0.29, 0.717) is 12.2 Å². The number of hydrogen-bond acceptors (Lipinski definition) is 5. The highest BCUT2D eigenvalue weighted by molar-refractivity contribution is 7.13. The summed E-state index contributed by atoms with van der Waals surface area (Å²) in [6.07, 6.45) is 0.822. The van der Waals surface area contributed by atoms with Gasteiger partial charge in [0.25, 0.3) is 0 Å². The Hall–Kier alpha value is -1.49. The van der Waals surface area contributed by atoms with E-state index in [-0.39, 0.29) is 5.97 Å². The van der Waals surface area contributed by atoms with Crippen LogP contribution in [-0.2, 0) is 4.74 Å². The Kier molecular flexibility index (Phi) is 2.91. The van der Waals surface area contributed by atoms with Crippen molar-refractivity contribution in [3.63, 3.8) is 0 Å². The van der Waals surface area contributed by atoms with E-state index in [0.717, 1.165) is 16.6 Å². The molecule has 2 rings (SSSR count). The topological polar surface area (TPSA) is 52.1 Å². The zero-order chi connectivity index (χ0) is 10.7. The molecule has 0 aliphatic rings. The molecule has 0 atom stereocenters. The molecule has 0 unspecified atom stereocenters. The maximum Gasteiger partial charge on any atom is 0.339 e. The van der Waals surface area contributed by atoms with Crippen LogP contribution in [0.2, 0.25) is 0 Å². The second kappa shape index (κ2) is 4.35. The molecule has 0 bridgehead atoms. The fraction of sp³-hybridized carbons (Fsp3) is 0.300. The Labute approximate surface area is 91.0 Å². The number of rotatable bonds is 3. The number of carbonyl (C=O) groups is 1. The summed E-state index contributed by atoms with van der Waals surface area (Å²) in [5, 5.41) is 3.90. The first-order valence-corrected chi connectivity index (χ1v) is 5.48. The van der Waals surface area contributed by atoms with Crippen LogP contribution in [0.1, 0.15) is 23.7 Å². The average molecular weight is 222 g/mol. The quantitative estimate of drug-likeness (QED) is 0.747. The Morgan fingerprint density at radius 1 is 1.53 bits per heavy atom. The van der Waals surface area contributed by atoms with E-state index in [4.69, 9.17) is 4.74 Å². The van der Waals surface area contributed by atoms with Gasteiger partial charge in [-0.2, -0.15) is 0 Å². The highest BCUT2D eigenvalue weighted by atomic mass is 32.1. The first-order valence-electron chi connectivity index (χ1n) is 4.71. The van der Waals surface area contributed by atoms with Crippen LogP contribution in [0.4, 0.5) is 0 Å². The highest BCUT2D eigenvalue weighted by Crippen LogP contribution is 2.20. The van der Waals surface area contributed by atoms with E-state index in [1.54, 1.807) is 12.1 Å². The Bertz CT molecular complexity index is 481. The van der Waals surface area contributed by atoms with Gasteiger partial charge in [0.05, 0.1) is 16.9 Å². The third-order valence-corrected chi connectivity index (χ3v) is 2.71.